The summed E-state index contributed by atoms with van der Waals surface area (Å²) in [4.78, 5) is 12.4. The molecule has 0 aromatic heterocycles. The predicted molar refractivity (Wildman–Crippen MR) is 97.2 cm³/mol. The van der Waals surface area contributed by atoms with Crippen LogP contribution in [0.2, 0.25) is 0 Å². The van der Waals surface area contributed by atoms with Crippen LogP contribution >= 0.6 is 0 Å². The molecule has 2 aromatic rings. The molecule has 0 aliphatic rings. The summed E-state index contributed by atoms with van der Waals surface area (Å²) in [7, 11) is 0. The van der Waals surface area contributed by atoms with E-state index in [-0.39, 0.29) is 11.8 Å². The minimum absolute atomic E-state index is 0.261. The monoisotopic (exact) mass is 326 g/mol. The predicted octanol–water partition coefficient (Wildman–Crippen LogP) is 6.13. The van der Waals surface area contributed by atoms with E-state index >= 15 is 0 Å². The Morgan fingerprint density at radius 1 is 0.750 bits per heavy atom. The van der Waals surface area contributed by atoms with E-state index in [1.807, 2.05) is 50.2 Å². The molecule has 0 radical (unpaired) electrons. The first-order chi connectivity index (χ1) is 11.3. The van der Waals surface area contributed by atoms with Crippen LogP contribution in [-0.2, 0) is 0 Å². The van der Waals surface area contributed by atoms with Crippen molar-refractivity contribution in [3.05, 3.63) is 58.7 Å². The number of carbonyl (C=O) groups is 1. The summed E-state index contributed by atoms with van der Waals surface area (Å²) in [6, 6.07) is 11.8. The highest BCUT2D eigenvalue weighted by Crippen LogP contribution is 2.32. The first kappa shape index (κ1) is 18.1. The minimum Gasteiger partial charge on any atom is -0.394 e. The molecular weight excluding hydrogens is 300 g/mol. The van der Waals surface area contributed by atoms with Gasteiger partial charge in [0.2, 0.25) is 0 Å². The molecule has 0 bridgehead atoms. The van der Waals surface area contributed by atoms with E-state index in [1.54, 1.807) is 0 Å². The molecule has 0 spiro atoms. The molecule has 3 nitrogen and oxygen atoms in total. The van der Waals surface area contributed by atoms with Crippen molar-refractivity contribution in [2.75, 3.05) is 0 Å². The summed E-state index contributed by atoms with van der Waals surface area (Å²) in [6.45, 7) is 12.2. The van der Waals surface area contributed by atoms with Crippen molar-refractivity contribution in [1.82, 2.24) is 0 Å². The van der Waals surface area contributed by atoms with Crippen LogP contribution in [0, 0.1) is 13.8 Å². The van der Waals surface area contributed by atoms with Crippen molar-refractivity contribution in [3.8, 4) is 11.5 Å². The fourth-order valence-electron chi connectivity index (χ4n) is 2.73. The second-order valence-electron chi connectivity index (χ2n) is 6.75. The lowest BCUT2D eigenvalue weighted by Crippen LogP contribution is -2.17. The zero-order chi connectivity index (χ0) is 17.9. The molecule has 0 atom stereocenters. The SMILES string of the molecule is Cc1cccc(C(C)C)c1OC(=O)Oc1c(C)cccc1C(C)C. The van der Waals surface area contributed by atoms with Gasteiger partial charge < -0.3 is 9.47 Å². The van der Waals surface area contributed by atoms with Crippen LogP contribution in [-0.4, -0.2) is 6.16 Å². The standard InChI is InChI=1S/C21H26O3/c1-13(2)17-11-7-9-15(5)19(17)23-21(22)24-20-16(6)10-8-12-18(20)14(3)4/h7-14H,1-6H3. The van der Waals surface area contributed by atoms with Gasteiger partial charge in [-0.2, -0.15) is 0 Å². The average molecular weight is 326 g/mol. The Morgan fingerprint density at radius 2 is 1.12 bits per heavy atom. The van der Waals surface area contributed by atoms with Crippen molar-refractivity contribution in [3.63, 3.8) is 0 Å². The molecular formula is C21H26O3. The molecule has 24 heavy (non-hydrogen) atoms. The number of rotatable bonds is 4. The van der Waals surface area contributed by atoms with Crippen molar-refractivity contribution in [2.24, 2.45) is 0 Å². The number of aryl methyl sites for hydroxylation is 2. The Hall–Kier alpha value is -2.29. The van der Waals surface area contributed by atoms with Gasteiger partial charge in [0.15, 0.2) is 0 Å². The first-order valence-corrected chi connectivity index (χ1v) is 8.40. The molecule has 3 heteroatoms. The molecule has 2 aromatic carbocycles. The lowest BCUT2D eigenvalue weighted by Gasteiger charge is -2.17. The molecule has 0 aliphatic carbocycles. The van der Waals surface area contributed by atoms with Gasteiger partial charge in [-0.15, -0.1) is 0 Å². The third-order valence-corrected chi connectivity index (χ3v) is 4.10. The zero-order valence-corrected chi connectivity index (χ0v) is 15.3. The van der Waals surface area contributed by atoms with Gasteiger partial charge in [0.25, 0.3) is 0 Å². The molecule has 0 amide bonds. The van der Waals surface area contributed by atoms with Gasteiger partial charge >= 0.3 is 6.16 Å². The van der Waals surface area contributed by atoms with E-state index in [0.29, 0.717) is 11.5 Å². The fraction of sp³-hybridized carbons (Fsp3) is 0.381. The Balaban J connectivity index is 2.28. The van der Waals surface area contributed by atoms with Crippen molar-refractivity contribution >= 4 is 6.16 Å². The summed E-state index contributed by atoms with van der Waals surface area (Å²) in [5, 5.41) is 0. The quantitative estimate of drug-likeness (QED) is 0.501. The van der Waals surface area contributed by atoms with Crippen LogP contribution in [0.5, 0.6) is 11.5 Å². The van der Waals surface area contributed by atoms with Crippen LogP contribution in [0.3, 0.4) is 0 Å². The number of hydrogen-bond acceptors (Lipinski definition) is 3. The summed E-state index contributed by atoms with van der Waals surface area (Å²) < 4.78 is 11.1. The maximum Gasteiger partial charge on any atom is 0.519 e. The Labute approximate surface area is 144 Å². The van der Waals surface area contributed by atoms with Crippen molar-refractivity contribution < 1.29 is 14.3 Å². The van der Waals surface area contributed by atoms with Crippen LogP contribution in [0.25, 0.3) is 0 Å². The fourth-order valence-corrected chi connectivity index (χ4v) is 2.73. The highest BCUT2D eigenvalue weighted by Gasteiger charge is 2.19. The van der Waals surface area contributed by atoms with Gasteiger partial charge in [0.1, 0.15) is 11.5 Å². The third-order valence-electron chi connectivity index (χ3n) is 4.10. The van der Waals surface area contributed by atoms with Crippen LogP contribution in [0.15, 0.2) is 36.4 Å². The van der Waals surface area contributed by atoms with Gasteiger partial charge in [-0.1, -0.05) is 64.1 Å². The largest absolute Gasteiger partial charge is 0.519 e. The maximum absolute atomic E-state index is 12.4. The van der Waals surface area contributed by atoms with Gasteiger partial charge in [-0.25, -0.2) is 4.79 Å². The minimum atomic E-state index is -0.692. The topological polar surface area (TPSA) is 35.5 Å². The van der Waals surface area contributed by atoms with Gasteiger partial charge in [0, 0.05) is 0 Å². The summed E-state index contributed by atoms with van der Waals surface area (Å²) in [5.41, 5.74) is 3.85. The first-order valence-electron chi connectivity index (χ1n) is 8.40. The van der Waals surface area contributed by atoms with Crippen LogP contribution in [0.4, 0.5) is 4.79 Å². The van der Waals surface area contributed by atoms with Crippen molar-refractivity contribution in [1.29, 1.82) is 0 Å². The normalized spacial score (nSPS) is 11.0. The number of hydrogen-bond donors (Lipinski definition) is 0. The zero-order valence-electron chi connectivity index (χ0n) is 15.3. The summed E-state index contributed by atoms with van der Waals surface area (Å²) >= 11 is 0. The lowest BCUT2D eigenvalue weighted by atomic mass is 9.99. The second kappa shape index (κ2) is 7.52. The van der Waals surface area contributed by atoms with Crippen molar-refractivity contribution in [2.45, 2.75) is 53.4 Å². The molecule has 2 rings (SSSR count). The second-order valence-corrected chi connectivity index (χ2v) is 6.75. The van der Waals surface area contributed by atoms with E-state index in [0.717, 1.165) is 22.3 Å². The molecule has 128 valence electrons. The van der Waals surface area contributed by atoms with Crippen LogP contribution < -0.4 is 9.47 Å². The molecule has 0 saturated carbocycles. The summed E-state index contributed by atoms with van der Waals surface area (Å²) in [6.07, 6.45) is -0.692. The molecule has 0 fully saturated rings. The molecule has 0 saturated heterocycles. The highest BCUT2D eigenvalue weighted by molar-refractivity contribution is 5.70. The Kier molecular flexibility index (Phi) is 5.66. The van der Waals surface area contributed by atoms with E-state index in [4.69, 9.17) is 9.47 Å². The maximum atomic E-state index is 12.4. The van der Waals surface area contributed by atoms with E-state index < -0.39 is 6.16 Å². The average Bonchev–Trinajstić information content (AvgIpc) is 2.50. The number of para-hydroxylation sites is 2. The van der Waals surface area contributed by atoms with E-state index in [1.165, 1.54) is 0 Å². The lowest BCUT2D eigenvalue weighted by molar-refractivity contribution is 0.150. The molecule has 0 N–H and O–H groups in total. The number of ether oxygens (including phenoxy) is 2. The Bertz CT molecular complexity index is 668. The number of carbonyl (C=O) groups excluding carboxylic acids is 1. The van der Waals surface area contributed by atoms with Crippen LogP contribution in [0.1, 0.15) is 61.8 Å². The molecule has 0 unspecified atom stereocenters. The smallest absolute Gasteiger partial charge is 0.394 e. The van der Waals surface area contributed by atoms with Gasteiger partial charge in [-0.3, -0.25) is 0 Å². The highest BCUT2D eigenvalue weighted by atomic mass is 16.7. The summed E-state index contributed by atoms with van der Waals surface area (Å²) in [5.74, 6) is 1.71. The van der Waals surface area contributed by atoms with E-state index in [2.05, 4.69) is 27.7 Å². The van der Waals surface area contributed by atoms with Gasteiger partial charge in [0.05, 0.1) is 0 Å². The van der Waals surface area contributed by atoms with E-state index in [9.17, 15) is 4.79 Å². The van der Waals surface area contributed by atoms with Gasteiger partial charge in [-0.05, 0) is 47.9 Å². The third kappa shape index (κ3) is 3.97. The number of benzene rings is 2. The molecule has 0 aliphatic heterocycles. The Morgan fingerprint density at radius 3 is 1.46 bits per heavy atom. The molecule has 0 heterocycles.